The van der Waals surface area contributed by atoms with Gasteiger partial charge in [-0.05, 0) is 56.1 Å². The number of halogens is 1. The van der Waals surface area contributed by atoms with E-state index in [1.165, 1.54) is 0 Å². The number of aromatic amines is 1. The Labute approximate surface area is 229 Å². The minimum atomic E-state index is 0. The highest BCUT2D eigenvalue weighted by Gasteiger charge is 2.32. The molecule has 1 heterocycles. The molecule has 0 atom stereocenters. The van der Waals surface area contributed by atoms with Crippen molar-refractivity contribution in [3.05, 3.63) is 83.4 Å². The van der Waals surface area contributed by atoms with Crippen LogP contribution in [0.2, 0.25) is 0 Å². The Kier molecular flexibility index (Phi) is 8.61. The molecule has 0 saturated heterocycles. The standard InChI is InChI=1S/C30H31N3O4.ClH/c1-33(2)14-16-36-21-12-13-25-24(17-21)28-29(31-25)22-18-26(34-3)27(35-4)19-23(22)30(28)32-37-15-8-11-20-9-6-5-7-10-20;/h5-13,17-19,31H,14-16H2,1-4H3;1H. The summed E-state index contributed by atoms with van der Waals surface area (Å²) in [6.07, 6.45) is 3.97. The van der Waals surface area contributed by atoms with Crippen LogP contribution < -0.4 is 14.2 Å². The van der Waals surface area contributed by atoms with E-state index in [0.29, 0.717) is 24.7 Å². The Morgan fingerprint density at radius 1 is 0.921 bits per heavy atom. The molecule has 1 aliphatic rings. The molecule has 0 bridgehead atoms. The highest BCUT2D eigenvalue weighted by Crippen LogP contribution is 2.46. The zero-order valence-electron chi connectivity index (χ0n) is 22.0. The zero-order chi connectivity index (χ0) is 25.8. The summed E-state index contributed by atoms with van der Waals surface area (Å²) >= 11 is 0. The molecule has 198 valence electrons. The normalized spacial score (nSPS) is 13.0. The molecule has 0 radical (unpaired) electrons. The van der Waals surface area contributed by atoms with Crippen LogP contribution in [0.5, 0.6) is 17.2 Å². The van der Waals surface area contributed by atoms with Crippen LogP contribution in [0.15, 0.2) is 71.9 Å². The van der Waals surface area contributed by atoms with Crippen LogP contribution in [0.1, 0.15) is 16.7 Å². The Balaban J connectivity index is 0.00000336. The van der Waals surface area contributed by atoms with Crippen molar-refractivity contribution in [2.24, 2.45) is 5.16 Å². The third kappa shape index (κ3) is 5.49. The van der Waals surface area contributed by atoms with Gasteiger partial charge in [0.25, 0.3) is 0 Å². The van der Waals surface area contributed by atoms with Crippen LogP contribution in [-0.2, 0) is 4.84 Å². The summed E-state index contributed by atoms with van der Waals surface area (Å²) in [6.45, 7) is 1.79. The minimum absolute atomic E-state index is 0. The zero-order valence-corrected chi connectivity index (χ0v) is 22.8. The van der Waals surface area contributed by atoms with Crippen molar-refractivity contribution in [1.29, 1.82) is 0 Å². The summed E-state index contributed by atoms with van der Waals surface area (Å²) < 4.78 is 17.2. The number of ether oxygens (including phenoxy) is 3. The predicted molar refractivity (Wildman–Crippen MR) is 155 cm³/mol. The summed E-state index contributed by atoms with van der Waals surface area (Å²) in [7, 11) is 7.33. The van der Waals surface area contributed by atoms with Crippen molar-refractivity contribution in [2.75, 3.05) is 48.1 Å². The molecule has 0 amide bonds. The fourth-order valence-electron chi connectivity index (χ4n) is 4.46. The number of nitrogens with zero attached hydrogens (tertiary/aromatic N) is 2. The van der Waals surface area contributed by atoms with Crippen LogP contribution in [0.3, 0.4) is 0 Å². The molecule has 0 fully saturated rings. The average molecular weight is 534 g/mol. The van der Waals surface area contributed by atoms with Gasteiger partial charge in [0.05, 0.1) is 19.9 Å². The van der Waals surface area contributed by atoms with Gasteiger partial charge in [0, 0.05) is 34.1 Å². The van der Waals surface area contributed by atoms with Crippen LogP contribution in [0, 0.1) is 0 Å². The Morgan fingerprint density at radius 2 is 1.66 bits per heavy atom. The first-order valence-corrected chi connectivity index (χ1v) is 12.2. The second-order valence-electron chi connectivity index (χ2n) is 9.04. The predicted octanol–water partition coefficient (Wildman–Crippen LogP) is 6.01. The van der Waals surface area contributed by atoms with Gasteiger partial charge in [-0.1, -0.05) is 41.6 Å². The van der Waals surface area contributed by atoms with Gasteiger partial charge < -0.3 is 28.9 Å². The van der Waals surface area contributed by atoms with E-state index in [1.807, 2.05) is 80.8 Å². The number of oxime groups is 1. The van der Waals surface area contributed by atoms with Gasteiger partial charge in [0.15, 0.2) is 11.5 Å². The number of aromatic nitrogens is 1. The molecule has 0 spiro atoms. The van der Waals surface area contributed by atoms with Crippen LogP contribution >= 0.6 is 12.4 Å². The molecule has 7 nitrogen and oxygen atoms in total. The Bertz CT molecular complexity index is 1460. The first-order chi connectivity index (χ1) is 18.1. The van der Waals surface area contributed by atoms with Crippen molar-refractivity contribution >= 4 is 35.1 Å². The molecule has 4 aromatic rings. The van der Waals surface area contributed by atoms with Crippen molar-refractivity contribution < 1.29 is 19.0 Å². The van der Waals surface area contributed by atoms with E-state index in [0.717, 1.165) is 56.9 Å². The summed E-state index contributed by atoms with van der Waals surface area (Å²) in [5.74, 6) is 2.11. The number of likely N-dealkylation sites (N-methyl/N-ethyl adjacent to an activating group) is 1. The van der Waals surface area contributed by atoms with E-state index < -0.39 is 0 Å². The maximum absolute atomic E-state index is 6.02. The highest BCUT2D eigenvalue weighted by atomic mass is 35.5. The number of benzene rings is 3. The van der Waals surface area contributed by atoms with Crippen LogP contribution in [-0.4, -0.2) is 63.7 Å². The average Bonchev–Trinajstić information content (AvgIpc) is 3.42. The Morgan fingerprint density at radius 3 is 2.37 bits per heavy atom. The smallest absolute Gasteiger partial charge is 0.161 e. The summed E-state index contributed by atoms with van der Waals surface area (Å²) in [5.41, 5.74) is 6.72. The topological polar surface area (TPSA) is 68.3 Å². The lowest BCUT2D eigenvalue weighted by atomic mass is 10.1. The molecule has 1 aromatic heterocycles. The fourth-order valence-corrected chi connectivity index (χ4v) is 4.46. The van der Waals surface area contributed by atoms with E-state index in [-0.39, 0.29) is 12.4 Å². The van der Waals surface area contributed by atoms with E-state index in [9.17, 15) is 0 Å². The van der Waals surface area contributed by atoms with Gasteiger partial charge in [-0.2, -0.15) is 0 Å². The summed E-state index contributed by atoms with van der Waals surface area (Å²) in [4.78, 5) is 11.5. The molecule has 1 aliphatic carbocycles. The third-order valence-electron chi connectivity index (χ3n) is 6.30. The molecule has 8 heteroatoms. The summed E-state index contributed by atoms with van der Waals surface area (Å²) in [5, 5.41) is 5.63. The van der Waals surface area contributed by atoms with E-state index in [1.54, 1.807) is 14.2 Å². The second-order valence-corrected chi connectivity index (χ2v) is 9.04. The van der Waals surface area contributed by atoms with E-state index >= 15 is 0 Å². The highest BCUT2D eigenvalue weighted by molar-refractivity contribution is 6.30. The molecule has 3 aromatic carbocycles. The van der Waals surface area contributed by atoms with E-state index in [4.69, 9.17) is 19.0 Å². The van der Waals surface area contributed by atoms with Crippen molar-refractivity contribution in [1.82, 2.24) is 9.88 Å². The number of methoxy groups -OCH3 is 2. The number of hydrogen-bond donors (Lipinski definition) is 1. The monoisotopic (exact) mass is 533 g/mol. The molecule has 38 heavy (non-hydrogen) atoms. The molecule has 0 unspecified atom stereocenters. The van der Waals surface area contributed by atoms with Crippen molar-refractivity contribution in [2.45, 2.75) is 0 Å². The minimum Gasteiger partial charge on any atom is -0.493 e. The number of nitrogens with one attached hydrogen (secondary N) is 1. The van der Waals surface area contributed by atoms with Gasteiger partial charge in [0.1, 0.15) is 24.7 Å². The third-order valence-corrected chi connectivity index (χ3v) is 6.30. The second kappa shape index (κ2) is 12.1. The van der Waals surface area contributed by atoms with Gasteiger partial charge in [-0.3, -0.25) is 0 Å². The lowest BCUT2D eigenvalue weighted by molar-refractivity contribution is 0.175. The number of H-pyrrole nitrogens is 1. The van der Waals surface area contributed by atoms with Gasteiger partial charge in [-0.15, -0.1) is 12.4 Å². The van der Waals surface area contributed by atoms with Crippen LogP contribution in [0.4, 0.5) is 0 Å². The lowest BCUT2D eigenvalue weighted by Crippen LogP contribution is -2.19. The molecule has 0 saturated carbocycles. The quantitative estimate of drug-likeness (QED) is 0.176. The van der Waals surface area contributed by atoms with Crippen molar-refractivity contribution in [3.8, 4) is 28.5 Å². The Hall–Kier alpha value is -3.94. The SMILES string of the molecule is COc1cc2c(cc1OC)-c1[nH]c3ccc(OCCN(C)C)cc3c1C2=NOCC=Cc1ccccc1.Cl. The van der Waals surface area contributed by atoms with Gasteiger partial charge >= 0.3 is 0 Å². The number of fused-ring (bicyclic) bond motifs is 5. The number of hydrogen-bond acceptors (Lipinski definition) is 6. The lowest BCUT2D eigenvalue weighted by Gasteiger charge is -2.12. The molecular weight excluding hydrogens is 502 g/mol. The molecule has 0 aliphatic heterocycles. The first kappa shape index (κ1) is 27.1. The fraction of sp³-hybridized carbons (Fsp3) is 0.233. The van der Waals surface area contributed by atoms with Gasteiger partial charge in [0.2, 0.25) is 0 Å². The molecular formula is C30H32ClN3O4. The maximum Gasteiger partial charge on any atom is 0.161 e. The van der Waals surface area contributed by atoms with Crippen molar-refractivity contribution in [3.63, 3.8) is 0 Å². The summed E-state index contributed by atoms with van der Waals surface area (Å²) in [6, 6.07) is 20.1. The largest absolute Gasteiger partial charge is 0.493 e. The van der Waals surface area contributed by atoms with E-state index in [2.05, 4.69) is 21.1 Å². The maximum atomic E-state index is 6.02. The van der Waals surface area contributed by atoms with Crippen LogP contribution in [0.25, 0.3) is 28.2 Å². The molecule has 5 rings (SSSR count). The number of rotatable bonds is 10. The van der Waals surface area contributed by atoms with Gasteiger partial charge in [-0.25, -0.2) is 0 Å². The molecule has 1 N–H and O–H groups in total. The first-order valence-electron chi connectivity index (χ1n) is 12.2.